The molecule has 0 radical (unpaired) electrons. The monoisotopic (exact) mass is 415 g/mol. The molecule has 0 bridgehead atoms. The summed E-state index contributed by atoms with van der Waals surface area (Å²) in [6, 6.07) is 13.4. The summed E-state index contributed by atoms with van der Waals surface area (Å²) in [6.07, 6.45) is -0.270. The summed E-state index contributed by atoms with van der Waals surface area (Å²) in [5.41, 5.74) is 0.231. The first-order valence-electron chi connectivity index (χ1n) is 9.07. The van der Waals surface area contributed by atoms with Crippen LogP contribution in [0.5, 0.6) is 5.75 Å². The van der Waals surface area contributed by atoms with E-state index in [-0.39, 0.29) is 28.6 Å². The summed E-state index contributed by atoms with van der Waals surface area (Å²) in [5, 5.41) is 23.9. The Kier molecular flexibility index (Phi) is 4.83. The predicted octanol–water partition coefficient (Wildman–Crippen LogP) is 3.37. The Bertz CT molecular complexity index is 1190. The van der Waals surface area contributed by atoms with Crippen LogP contribution in [-0.4, -0.2) is 35.8 Å². The number of nitrogens with zero attached hydrogens (tertiary/aromatic N) is 2. The van der Waals surface area contributed by atoms with Crippen molar-refractivity contribution in [3.8, 4) is 5.75 Å². The van der Waals surface area contributed by atoms with Crippen molar-refractivity contribution in [2.45, 2.75) is 30.9 Å². The van der Waals surface area contributed by atoms with Gasteiger partial charge in [0.05, 0.1) is 17.3 Å². The second-order valence-corrected chi connectivity index (χ2v) is 8.58. The number of aliphatic hydroxyl groups is 1. The van der Waals surface area contributed by atoms with Gasteiger partial charge in [0.15, 0.2) is 5.84 Å². The van der Waals surface area contributed by atoms with E-state index in [1.807, 2.05) is 0 Å². The smallest absolute Gasteiger partial charge is 0.265 e. The number of hydrogen-bond donors (Lipinski definition) is 5. The van der Waals surface area contributed by atoms with E-state index in [1.54, 1.807) is 55.5 Å². The molecule has 0 spiro atoms. The van der Waals surface area contributed by atoms with Crippen LogP contribution in [0.1, 0.15) is 18.9 Å². The molecule has 1 aliphatic heterocycles. The molecule has 1 unspecified atom stereocenters. The highest BCUT2D eigenvalue weighted by atomic mass is 32.3. The highest BCUT2D eigenvalue weighted by molar-refractivity contribution is 8.23. The lowest BCUT2D eigenvalue weighted by Crippen LogP contribution is -2.32. The number of rotatable bonds is 4. The molecule has 2 heterocycles. The Morgan fingerprint density at radius 2 is 1.83 bits per heavy atom. The Morgan fingerprint density at radius 1 is 1.14 bits per heavy atom. The zero-order valence-electron chi connectivity index (χ0n) is 15.6. The predicted molar refractivity (Wildman–Crippen MR) is 114 cm³/mol. The minimum absolute atomic E-state index is 0.109. The first-order chi connectivity index (χ1) is 13.8. The van der Waals surface area contributed by atoms with Crippen LogP contribution in [0.2, 0.25) is 0 Å². The maximum absolute atomic E-state index is 13.3. The first kappa shape index (κ1) is 19.5. The van der Waals surface area contributed by atoms with Gasteiger partial charge in [-0.25, -0.2) is 0 Å². The molecule has 0 fully saturated rings. The van der Waals surface area contributed by atoms with Gasteiger partial charge in [-0.15, -0.1) is 4.40 Å². The van der Waals surface area contributed by atoms with Gasteiger partial charge < -0.3 is 20.1 Å². The van der Waals surface area contributed by atoms with Crippen molar-refractivity contribution in [2.24, 2.45) is 4.40 Å². The first-order valence-corrected chi connectivity index (χ1v) is 10.6. The van der Waals surface area contributed by atoms with E-state index >= 15 is 0 Å². The molecule has 152 valence electrons. The maximum atomic E-state index is 13.3. The number of nitrogens with one attached hydrogen (secondary N) is 1. The third-order valence-corrected chi connectivity index (χ3v) is 6.19. The van der Waals surface area contributed by atoms with Gasteiger partial charge in [0.25, 0.3) is 5.56 Å². The molecule has 29 heavy (non-hydrogen) atoms. The number of anilines is 1. The normalized spacial score (nSPS) is 17.2. The van der Waals surface area contributed by atoms with Crippen LogP contribution < -0.4 is 10.9 Å². The lowest BCUT2D eigenvalue weighted by molar-refractivity contribution is 0.178. The molecule has 3 aromatic rings. The van der Waals surface area contributed by atoms with Crippen molar-refractivity contribution in [3.63, 3.8) is 0 Å². The lowest BCUT2D eigenvalue weighted by Gasteiger charge is -2.34. The van der Waals surface area contributed by atoms with Crippen molar-refractivity contribution in [1.82, 2.24) is 4.57 Å². The molecule has 0 saturated heterocycles. The molecule has 1 atom stereocenters. The van der Waals surface area contributed by atoms with E-state index in [1.165, 1.54) is 4.57 Å². The van der Waals surface area contributed by atoms with Gasteiger partial charge in [-0.2, -0.15) is 0 Å². The van der Waals surface area contributed by atoms with E-state index in [0.717, 1.165) is 0 Å². The minimum atomic E-state index is -3.54. The Labute approximate surface area is 168 Å². The lowest BCUT2D eigenvalue weighted by atomic mass is 10.1. The molecular weight excluding hydrogens is 394 g/mol. The van der Waals surface area contributed by atoms with Crippen LogP contribution in [0.25, 0.3) is 10.9 Å². The van der Waals surface area contributed by atoms with Crippen molar-refractivity contribution < 1.29 is 19.3 Å². The van der Waals surface area contributed by atoms with Gasteiger partial charge in [0, 0.05) is 11.9 Å². The molecule has 0 amide bonds. The third-order valence-electron chi connectivity index (χ3n) is 4.81. The molecule has 2 aromatic carbocycles. The average Bonchev–Trinajstić information content (AvgIpc) is 2.67. The summed E-state index contributed by atoms with van der Waals surface area (Å²) < 4.78 is 26.4. The number of aryl methyl sites for hydroxylation is 1. The highest BCUT2D eigenvalue weighted by Gasteiger charge is 2.30. The maximum Gasteiger partial charge on any atom is 0.265 e. The van der Waals surface area contributed by atoms with Crippen LogP contribution in [-0.2, 0) is 6.54 Å². The molecule has 5 N–H and O–H groups in total. The number of aromatic hydroxyl groups is 1. The molecular formula is C20H21N3O5S. The van der Waals surface area contributed by atoms with Crippen LogP contribution in [0.4, 0.5) is 5.69 Å². The minimum Gasteiger partial charge on any atom is -0.506 e. The van der Waals surface area contributed by atoms with Crippen molar-refractivity contribution in [1.29, 1.82) is 0 Å². The van der Waals surface area contributed by atoms with E-state index in [0.29, 0.717) is 23.0 Å². The number of benzene rings is 2. The molecule has 0 saturated carbocycles. The Morgan fingerprint density at radius 3 is 2.59 bits per heavy atom. The van der Waals surface area contributed by atoms with Gasteiger partial charge in [0.1, 0.15) is 16.2 Å². The summed E-state index contributed by atoms with van der Waals surface area (Å²) in [7, 11) is -3.54. The summed E-state index contributed by atoms with van der Waals surface area (Å²) >= 11 is 0. The zero-order chi connectivity index (χ0) is 20.8. The second kappa shape index (κ2) is 7.20. The summed E-state index contributed by atoms with van der Waals surface area (Å²) in [4.78, 5) is 13.5. The Hall–Kier alpha value is -2.85. The van der Waals surface area contributed by atoms with E-state index in [4.69, 9.17) is 0 Å². The zero-order valence-corrected chi connectivity index (χ0v) is 16.4. The van der Waals surface area contributed by atoms with Gasteiger partial charge in [0.2, 0.25) is 0 Å². The largest absolute Gasteiger partial charge is 0.506 e. The van der Waals surface area contributed by atoms with Crippen molar-refractivity contribution in [3.05, 3.63) is 64.4 Å². The molecule has 1 aromatic heterocycles. The molecule has 4 rings (SSSR count). The second-order valence-electron chi connectivity index (χ2n) is 6.92. The van der Waals surface area contributed by atoms with Gasteiger partial charge in [-0.05, 0) is 37.6 Å². The summed E-state index contributed by atoms with van der Waals surface area (Å²) in [5.74, 6) is -0.400. The van der Waals surface area contributed by atoms with Crippen LogP contribution in [0, 0.1) is 0 Å². The standard InChI is InChI=1S/C20H21N3O5S/c1-12(24)10-11-23-15-8-4-2-6-13(15)18(25)17(20(23)26)19-21-14-7-3-5-9-16(14)29(27,28)22-19/h2-9,12,24-25,27-28H,10-11H2,1H3,(H,21,22). The number of aliphatic hydroxyl groups excluding tert-OH is 1. The van der Waals surface area contributed by atoms with E-state index in [2.05, 4.69) is 9.71 Å². The molecule has 9 heteroatoms. The molecule has 0 aliphatic carbocycles. The summed E-state index contributed by atoms with van der Waals surface area (Å²) in [6.45, 7) is 1.86. The number of amidine groups is 1. The number of hydrogen-bond acceptors (Lipinski definition) is 7. The van der Waals surface area contributed by atoms with Crippen molar-refractivity contribution >= 4 is 33.2 Å². The number of pyridine rings is 1. The third kappa shape index (κ3) is 3.38. The average molecular weight is 415 g/mol. The fourth-order valence-corrected chi connectivity index (χ4v) is 4.55. The fourth-order valence-electron chi connectivity index (χ4n) is 3.38. The molecule has 8 nitrogen and oxygen atoms in total. The quantitative estimate of drug-likeness (QED) is 0.445. The number of aromatic nitrogens is 1. The number of fused-ring (bicyclic) bond motifs is 2. The topological polar surface area (TPSA) is 127 Å². The van der Waals surface area contributed by atoms with E-state index in [9.17, 15) is 24.1 Å². The van der Waals surface area contributed by atoms with Crippen LogP contribution in [0.3, 0.4) is 0 Å². The Balaban J connectivity index is 1.95. The van der Waals surface area contributed by atoms with Gasteiger partial charge >= 0.3 is 0 Å². The van der Waals surface area contributed by atoms with Crippen LogP contribution in [0.15, 0.2) is 62.6 Å². The van der Waals surface area contributed by atoms with Crippen LogP contribution >= 0.6 is 10.8 Å². The fraction of sp³-hybridized carbons (Fsp3) is 0.200. The van der Waals surface area contributed by atoms with E-state index < -0.39 is 22.4 Å². The molecule has 1 aliphatic rings. The van der Waals surface area contributed by atoms with Crippen molar-refractivity contribution in [2.75, 3.05) is 5.32 Å². The van der Waals surface area contributed by atoms with Gasteiger partial charge in [-0.3, -0.25) is 13.9 Å². The van der Waals surface area contributed by atoms with Gasteiger partial charge in [-0.1, -0.05) is 35.0 Å². The highest BCUT2D eigenvalue weighted by Crippen LogP contribution is 2.55. The number of para-hydroxylation sites is 2. The SMILES string of the molecule is CC(O)CCn1c(=O)c(C2=NS(O)(O)c3ccccc3N2)c(O)c2ccccc21.